The first kappa shape index (κ1) is 14.5. The Balaban J connectivity index is 2.43. The van der Waals surface area contributed by atoms with Gasteiger partial charge in [-0.3, -0.25) is 4.79 Å². The number of carbonyl (C=O) groups is 1. The standard InChI is InChI=1S/C19H22O/c1-4-14(2)18(16-11-6-5-7-12-16)19(20)17-13-9-8-10-15(17)3/h5-14,18H,4H2,1-3H3. The summed E-state index contributed by atoms with van der Waals surface area (Å²) in [6.45, 7) is 6.31. The first-order valence-electron chi connectivity index (χ1n) is 7.30. The van der Waals surface area contributed by atoms with Gasteiger partial charge in [-0.1, -0.05) is 74.9 Å². The largest absolute Gasteiger partial charge is 0.293 e. The van der Waals surface area contributed by atoms with Crippen molar-refractivity contribution in [2.24, 2.45) is 5.92 Å². The Hall–Kier alpha value is -1.89. The molecule has 0 aromatic heterocycles. The highest BCUT2D eigenvalue weighted by Crippen LogP contribution is 2.31. The lowest BCUT2D eigenvalue weighted by atomic mass is 9.79. The lowest BCUT2D eigenvalue weighted by Crippen LogP contribution is -2.20. The van der Waals surface area contributed by atoms with Crippen molar-refractivity contribution in [1.82, 2.24) is 0 Å². The molecule has 0 heterocycles. The molecule has 2 unspecified atom stereocenters. The highest BCUT2D eigenvalue weighted by molar-refractivity contribution is 6.02. The molecule has 1 nitrogen and oxygen atoms in total. The van der Waals surface area contributed by atoms with Gasteiger partial charge in [0.1, 0.15) is 0 Å². The van der Waals surface area contributed by atoms with Crippen LogP contribution in [-0.2, 0) is 0 Å². The van der Waals surface area contributed by atoms with Crippen molar-refractivity contribution in [3.05, 3.63) is 71.3 Å². The van der Waals surface area contributed by atoms with Gasteiger partial charge in [-0.05, 0) is 24.0 Å². The van der Waals surface area contributed by atoms with E-state index in [2.05, 4.69) is 26.0 Å². The van der Waals surface area contributed by atoms with Crippen LogP contribution in [0.3, 0.4) is 0 Å². The predicted octanol–water partition coefficient (Wildman–Crippen LogP) is 5.01. The molecule has 0 aliphatic heterocycles. The van der Waals surface area contributed by atoms with Crippen LogP contribution in [0.2, 0.25) is 0 Å². The third-order valence-corrected chi connectivity index (χ3v) is 4.06. The summed E-state index contributed by atoms with van der Waals surface area (Å²) in [5.74, 6) is 0.524. The van der Waals surface area contributed by atoms with E-state index in [0.717, 1.165) is 23.1 Å². The number of carbonyl (C=O) groups excluding carboxylic acids is 1. The molecule has 0 bridgehead atoms. The zero-order valence-corrected chi connectivity index (χ0v) is 12.5. The highest BCUT2D eigenvalue weighted by Gasteiger charge is 2.27. The van der Waals surface area contributed by atoms with Crippen molar-refractivity contribution in [3.63, 3.8) is 0 Å². The maximum atomic E-state index is 13.0. The molecule has 0 spiro atoms. The summed E-state index contributed by atoms with van der Waals surface area (Å²) in [5.41, 5.74) is 3.03. The molecule has 0 aliphatic carbocycles. The van der Waals surface area contributed by atoms with Gasteiger partial charge in [-0.2, -0.15) is 0 Å². The minimum atomic E-state index is -0.0534. The summed E-state index contributed by atoms with van der Waals surface area (Å²) in [6.07, 6.45) is 0.997. The highest BCUT2D eigenvalue weighted by atomic mass is 16.1. The van der Waals surface area contributed by atoms with Crippen molar-refractivity contribution in [2.45, 2.75) is 33.1 Å². The second-order valence-electron chi connectivity index (χ2n) is 5.45. The van der Waals surface area contributed by atoms with Crippen molar-refractivity contribution < 1.29 is 4.79 Å². The van der Waals surface area contributed by atoms with Gasteiger partial charge in [0.2, 0.25) is 0 Å². The van der Waals surface area contributed by atoms with Gasteiger partial charge < -0.3 is 0 Å². The summed E-state index contributed by atoms with van der Waals surface area (Å²) in [4.78, 5) is 13.0. The fraction of sp³-hybridized carbons (Fsp3) is 0.316. The van der Waals surface area contributed by atoms with Gasteiger partial charge in [0.05, 0.1) is 0 Å². The van der Waals surface area contributed by atoms with Crippen molar-refractivity contribution in [1.29, 1.82) is 0 Å². The number of Topliss-reactive ketones (excluding diaryl/α,β-unsaturated/α-hetero) is 1. The molecule has 2 aromatic carbocycles. The Morgan fingerprint density at radius 1 is 1.00 bits per heavy atom. The molecular weight excluding hydrogens is 244 g/mol. The second kappa shape index (κ2) is 6.51. The smallest absolute Gasteiger partial charge is 0.170 e. The normalized spacial score (nSPS) is 13.8. The van der Waals surface area contributed by atoms with E-state index in [1.54, 1.807) is 0 Å². The van der Waals surface area contributed by atoms with Gasteiger partial charge >= 0.3 is 0 Å². The first-order chi connectivity index (χ1) is 9.65. The van der Waals surface area contributed by atoms with Crippen molar-refractivity contribution in [3.8, 4) is 0 Å². The van der Waals surface area contributed by atoms with Crippen LogP contribution in [0.5, 0.6) is 0 Å². The van der Waals surface area contributed by atoms with Crippen LogP contribution in [-0.4, -0.2) is 5.78 Å². The molecule has 104 valence electrons. The average Bonchev–Trinajstić information content (AvgIpc) is 2.48. The van der Waals surface area contributed by atoms with E-state index in [9.17, 15) is 4.79 Å². The molecule has 2 rings (SSSR count). The van der Waals surface area contributed by atoms with E-state index in [4.69, 9.17) is 0 Å². The molecule has 20 heavy (non-hydrogen) atoms. The summed E-state index contributed by atoms with van der Waals surface area (Å²) in [5, 5.41) is 0. The fourth-order valence-electron chi connectivity index (χ4n) is 2.65. The van der Waals surface area contributed by atoms with Crippen LogP contribution in [0, 0.1) is 12.8 Å². The van der Waals surface area contributed by atoms with Crippen LogP contribution in [0.1, 0.15) is 47.7 Å². The average molecular weight is 266 g/mol. The Kier molecular flexibility index (Phi) is 4.73. The number of rotatable bonds is 5. The number of hydrogen-bond acceptors (Lipinski definition) is 1. The molecule has 0 saturated heterocycles. The molecule has 0 amide bonds. The van der Waals surface area contributed by atoms with Gasteiger partial charge in [0.25, 0.3) is 0 Å². The maximum Gasteiger partial charge on any atom is 0.170 e. The van der Waals surface area contributed by atoms with Crippen molar-refractivity contribution >= 4 is 5.78 Å². The SMILES string of the molecule is CCC(C)C(C(=O)c1ccccc1C)c1ccccc1. The third-order valence-electron chi connectivity index (χ3n) is 4.06. The maximum absolute atomic E-state index is 13.0. The molecule has 0 aliphatic rings. The summed E-state index contributed by atoms with van der Waals surface area (Å²) in [6, 6.07) is 18.0. The lowest BCUT2D eigenvalue weighted by Gasteiger charge is -2.23. The predicted molar refractivity (Wildman–Crippen MR) is 84.1 cm³/mol. The van der Waals surface area contributed by atoms with E-state index in [1.165, 1.54) is 0 Å². The number of benzene rings is 2. The summed E-state index contributed by atoms with van der Waals surface area (Å²) in [7, 11) is 0. The van der Waals surface area contributed by atoms with Gasteiger partial charge in [-0.25, -0.2) is 0 Å². The monoisotopic (exact) mass is 266 g/mol. The van der Waals surface area contributed by atoms with E-state index < -0.39 is 0 Å². The number of hydrogen-bond donors (Lipinski definition) is 0. The Bertz CT molecular complexity index is 571. The Morgan fingerprint density at radius 3 is 2.20 bits per heavy atom. The van der Waals surface area contributed by atoms with E-state index in [0.29, 0.717) is 5.92 Å². The quantitative estimate of drug-likeness (QED) is 0.695. The molecular formula is C19H22O. The van der Waals surface area contributed by atoms with Gasteiger partial charge in [0, 0.05) is 11.5 Å². The zero-order valence-electron chi connectivity index (χ0n) is 12.5. The summed E-state index contributed by atoms with van der Waals surface area (Å²) >= 11 is 0. The molecule has 1 heteroatoms. The van der Waals surface area contributed by atoms with Crippen LogP contribution in [0.4, 0.5) is 0 Å². The Morgan fingerprint density at radius 2 is 1.60 bits per heavy atom. The minimum Gasteiger partial charge on any atom is -0.293 e. The topological polar surface area (TPSA) is 17.1 Å². The first-order valence-corrected chi connectivity index (χ1v) is 7.30. The Labute approximate surface area is 121 Å². The van der Waals surface area contributed by atoms with Crippen LogP contribution >= 0.6 is 0 Å². The van der Waals surface area contributed by atoms with E-state index in [-0.39, 0.29) is 11.7 Å². The van der Waals surface area contributed by atoms with Crippen LogP contribution in [0.25, 0.3) is 0 Å². The van der Waals surface area contributed by atoms with Gasteiger partial charge in [-0.15, -0.1) is 0 Å². The number of ketones is 1. The molecule has 0 saturated carbocycles. The van der Waals surface area contributed by atoms with Crippen molar-refractivity contribution in [2.75, 3.05) is 0 Å². The zero-order chi connectivity index (χ0) is 14.5. The molecule has 0 radical (unpaired) electrons. The van der Waals surface area contributed by atoms with E-state index in [1.807, 2.05) is 49.4 Å². The summed E-state index contributed by atoms with van der Waals surface area (Å²) < 4.78 is 0. The van der Waals surface area contributed by atoms with Crippen LogP contribution in [0.15, 0.2) is 54.6 Å². The molecule has 0 fully saturated rings. The van der Waals surface area contributed by atoms with Gasteiger partial charge in [0.15, 0.2) is 5.78 Å². The fourth-order valence-corrected chi connectivity index (χ4v) is 2.65. The number of aryl methyl sites for hydroxylation is 1. The van der Waals surface area contributed by atoms with E-state index >= 15 is 0 Å². The second-order valence-corrected chi connectivity index (χ2v) is 5.45. The molecule has 2 atom stereocenters. The lowest BCUT2D eigenvalue weighted by molar-refractivity contribution is 0.0931. The minimum absolute atomic E-state index is 0.0534. The van der Waals surface area contributed by atoms with Crippen LogP contribution < -0.4 is 0 Å². The molecule has 2 aromatic rings. The molecule has 0 N–H and O–H groups in total. The third kappa shape index (κ3) is 2.98.